The van der Waals surface area contributed by atoms with Crippen LogP contribution in [0.15, 0.2) is 133 Å². The van der Waals surface area contributed by atoms with Gasteiger partial charge in [0.1, 0.15) is 5.75 Å². The third kappa shape index (κ3) is 4.34. The molecule has 0 aromatic heterocycles. The van der Waals surface area contributed by atoms with Crippen molar-refractivity contribution < 1.29 is 24.9 Å². The van der Waals surface area contributed by atoms with E-state index in [1.54, 1.807) is 54.6 Å². The van der Waals surface area contributed by atoms with E-state index < -0.39 is 17.4 Å². The van der Waals surface area contributed by atoms with Crippen LogP contribution >= 0.6 is 0 Å². The Morgan fingerprint density at radius 3 is 1.38 bits per heavy atom. The third-order valence-corrected chi connectivity index (χ3v) is 8.78. The zero-order valence-electron chi connectivity index (χ0n) is 23.9. The average molecular weight is 590 g/mol. The first-order valence-corrected chi connectivity index (χ1v) is 14.4. The second-order valence-electron chi connectivity index (χ2n) is 11.1. The molecule has 0 amide bonds. The van der Waals surface area contributed by atoms with Gasteiger partial charge in [0.2, 0.25) is 0 Å². The summed E-state index contributed by atoms with van der Waals surface area (Å²) in [5.41, 5.74) is 15.4. The molecule has 6 nitrogen and oxygen atoms in total. The Morgan fingerprint density at radius 1 is 0.511 bits per heavy atom. The Bertz CT molecular complexity index is 2000. The van der Waals surface area contributed by atoms with Crippen LogP contribution in [0.3, 0.4) is 0 Å². The summed E-state index contributed by atoms with van der Waals surface area (Å²) in [7, 11) is 0. The van der Waals surface area contributed by atoms with Crippen LogP contribution in [0.25, 0.3) is 33.4 Å². The van der Waals surface area contributed by atoms with Crippen molar-refractivity contribution in [2.24, 2.45) is 0 Å². The summed E-state index contributed by atoms with van der Waals surface area (Å²) >= 11 is 0. The van der Waals surface area contributed by atoms with Crippen LogP contribution in [-0.4, -0.2) is 27.3 Å². The van der Waals surface area contributed by atoms with Gasteiger partial charge in [0, 0.05) is 5.56 Å². The number of carboxylic acid groups (broad SMARTS) is 2. The van der Waals surface area contributed by atoms with Gasteiger partial charge in [-0.25, -0.2) is 9.59 Å². The third-order valence-electron chi connectivity index (χ3n) is 8.78. The van der Waals surface area contributed by atoms with Crippen molar-refractivity contribution >= 4 is 17.6 Å². The van der Waals surface area contributed by atoms with Gasteiger partial charge in [0.15, 0.2) is 0 Å². The Morgan fingerprint density at radius 2 is 0.933 bits per heavy atom. The molecule has 7 rings (SSSR count). The fraction of sp³-hybridized carbons (Fsp3) is 0.0256. The molecule has 0 bridgehead atoms. The van der Waals surface area contributed by atoms with Crippen molar-refractivity contribution in [3.63, 3.8) is 0 Å². The van der Waals surface area contributed by atoms with E-state index >= 15 is 0 Å². The molecule has 1 aliphatic carbocycles. The largest absolute Gasteiger partial charge is 0.505 e. The van der Waals surface area contributed by atoms with E-state index in [-0.39, 0.29) is 16.9 Å². The van der Waals surface area contributed by atoms with Gasteiger partial charge in [-0.1, -0.05) is 103 Å². The molecule has 0 radical (unpaired) electrons. The molecule has 0 saturated carbocycles. The molecule has 218 valence electrons. The Kier molecular flexibility index (Phi) is 6.48. The topological polar surface area (TPSA) is 121 Å². The monoisotopic (exact) mass is 589 g/mol. The molecule has 5 N–H and O–H groups in total. The Labute approximate surface area is 259 Å². The predicted octanol–water partition coefficient (Wildman–Crippen LogP) is 8.07. The minimum Gasteiger partial charge on any atom is -0.505 e. The van der Waals surface area contributed by atoms with Crippen LogP contribution in [0.1, 0.15) is 43.0 Å². The smallest absolute Gasteiger partial charge is 0.335 e. The van der Waals surface area contributed by atoms with E-state index in [2.05, 4.69) is 30.3 Å². The van der Waals surface area contributed by atoms with Crippen molar-refractivity contribution in [1.29, 1.82) is 0 Å². The molecule has 0 fully saturated rings. The molecule has 6 heteroatoms. The molecule has 1 aliphatic rings. The van der Waals surface area contributed by atoms with E-state index in [0.29, 0.717) is 11.3 Å². The summed E-state index contributed by atoms with van der Waals surface area (Å²) in [5.74, 6) is -1.89. The molecule has 0 unspecified atom stereocenters. The van der Waals surface area contributed by atoms with Gasteiger partial charge in [-0.3, -0.25) is 0 Å². The van der Waals surface area contributed by atoms with Gasteiger partial charge >= 0.3 is 11.9 Å². The zero-order chi connectivity index (χ0) is 31.3. The molecular weight excluding hydrogens is 562 g/mol. The van der Waals surface area contributed by atoms with Gasteiger partial charge in [0.05, 0.1) is 22.2 Å². The zero-order valence-corrected chi connectivity index (χ0v) is 23.9. The summed E-state index contributed by atoms with van der Waals surface area (Å²) in [5, 5.41) is 29.9. The normalized spacial score (nSPS) is 12.7. The number of nitrogens with two attached hydrogens (primary N) is 1. The molecule has 0 heterocycles. The minimum atomic E-state index is -0.968. The van der Waals surface area contributed by atoms with E-state index in [0.717, 1.165) is 50.1 Å². The first-order valence-electron chi connectivity index (χ1n) is 14.4. The lowest BCUT2D eigenvalue weighted by molar-refractivity contribution is 0.0686. The van der Waals surface area contributed by atoms with Gasteiger partial charge in [-0.05, 0) is 80.4 Å². The number of carboxylic acids is 2. The van der Waals surface area contributed by atoms with Crippen LogP contribution < -0.4 is 5.73 Å². The lowest BCUT2D eigenvalue weighted by Gasteiger charge is -2.34. The lowest BCUT2D eigenvalue weighted by Crippen LogP contribution is -2.28. The highest BCUT2D eigenvalue weighted by Gasteiger charge is 2.47. The van der Waals surface area contributed by atoms with Crippen molar-refractivity contribution in [2.75, 3.05) is 5.73 Å². The van der Waals surface area contributed by atoms with Crippen molar-refractivity contribution in [3.8, 4) is 39.1 Å². The number of aromatic carboxylic acids is 2. The van der Waals surface area contributed by atoms with Crippen LogP contribution in [0.5, 0.6) is 5.75 Å². The Hall–Kier alpha value is -6.14. The average Bonchev–Trinajstić information content (AvgIpc) is 3.38. The maximum Gasteiger partial charge on any atom is 0.335 e. The first-order chi connectivity index (χ1) is 21.8. The van der Waals surface area contributed by atoms with Crippen molar-refractivity contribution in [1.82, 2.24) is 0 Å². The number of phenols is 1. The lowest BCUT2D eigenvalue weighted by atomic mass is 9.67. The number of aromatic hydroxyl groups is 1. The first kappa shape index (κ1) is 27.7. The number of hydrogen-bond acceptors (Lipinski definition) is 4. The summed E-state index contributed by atoms with van der Waals surface area (Å²) in [4.78, 5) is 22.7. The highest BCUT2D eigenvalue weighted by Crippen LogP contribution is 2.59. The summed E-state index contributed by atoms with van der Waals surface area (Å²) < 4.78 is 0. The summed E-state index contributed by atoms with van der Waals surface area (Å²) in [6.07, 6.45) is 0. The van der Waals surface area contributed by atoms with Crippen LogP contribution in [0.4, 0.5) is 5.69 Å². The van der Waals surface area contributed by atoms with Crippen LogP contribution in [0, 0.1) is 0 Å². The standard InChI is InChI=1S/C39H27NO5/c40-34-22-21-33-35(36(34)41)31-3-1-2-4-32(31)39(33,29-17-13-25(14-18-29)23-5-9-27(10-6-23)37(42)43)30-19-15-26(16-20-30)24-7-11-28(12-8-24)38(44)45/h1-22,41H,40H2,(H,42,43)(H,44,45). The predicted molar refractivity (Wildman–Crippen MR) is 175 cm³/mol. The molecule has 6 aromatic carbocycles. The van der Waals surface area contributed by atoms with Crippen LogP contribution in [-0.2, 0) is 5.41 Å². The Balaban J connectivity index is 1.41. The number of hydrogen-bond donors (Lipinski definition) is 4. The molecular formula is C39H27NO5. The molecule has 0 aliphatic heterocycles. The molecule has 0 spiro atoms. The quantitative estimate of drug-likeness (QED) is 0.115. The fourth-order valence-corrected chi connectivity index (χ4v) is 6.59. The van der Waals surface area contributed by atoms with E-state index in [1.165, 1.54) is 0 Å². The fourth-order valence-electron chi connectivity index (χ4n) is 6.59. The highest BCUT2D eigenvalue weighted by atomic mass is 16.4. The number of nitrogen functional groups attached to an aromatic ring is 1. The summed E-state index contributed by atoms with van der Waals surface area (Å²) in [6, 6.07) is 41.8. The molecule has 0 saturated heterocycles. The summed E-state index contributed by atoms with van der Waals surface area (Å²) in [6.45, 7) is 0. The van der Waals surface area contributed by atoms with E-state index in [9.17, 15) is 24.9 Å². The number of phenolic OH excluding ortho intramolecular Hbond substituents is 1. The number of anilines is 1. The molecule has 45 heavy (non-hydrogen) atoms. The number of rotatable bonds is 6. The van der Waals surface area contributed by atoms with Gasteiger partial charge < -0.3 is 21.1 Å². The SMILES string of the molecule is Nc1ccc2c(c1O)-c1ccccc1C2(c1ccc(-c2ccc(C(=O)O)cc2)cc1)c1ccc(-c2ccc(C(=O)O)cc2)cc1. The number of benzene rings is 6. The van der Waals surface area contributed by atoms with E-state index in [4.69, 9.17) is 5.73 Å². The number of carbonyl (C=O) groups is 2. The van der Waals surface area contributed by atoms with Gasteiger partial charge in [-0.2, -0.15) is 0 Å². The van der Waals surface area contributed by atoms with Gasteiger partial charge in [-0.15, -0.1) is 0 Å². The maximum atomic E-state index is 11.3. The van der Waals surface area contributed by atoms with Crippen molar-refractivity contribution in [3.05, 3.63) is 167 Å². The minimum absolute atomic E-state index is 0.0482. The molecule has 6 aromatic rings. The number of fused-ring (bicyclic) bond motifs is 3. The van der Waals surface area contributed by atoms with E-state index in [1.807, 2.05) is 48.5 Å². The second-order valence-corrected chi connectivity index (χ2v) is 11.1. The maximum absolute atomic E-state index is 11.3. The van der Waals surface area contributed by atoms with Gasteiger partial charge in [0.25, 0.3) is 0 Å². The molecule has 0 atom stereocenters. The van der Waals surface area contributed by atoms with Crippen LogP contribution in [0.2, 0.25) is 0 Å². The highest BCUT2D eigenvalue weighted by molar-refractivity contribution is 5.93. The second kappa shape index (κ2) is 10.5. The van der Waals surface area contributed by atoms with Crippen molar-refractivity contribution in [2.45, 2.75) is 5.41 Å².